The molecule has 2 rings (SSSR count). The van der Waals surface area contributed by atoms with Gasteiger partial charge in [-0.2, -0.15) is 0 Å². The second kappa shape index (κ2) is 4.96. The molecule has 0 heterocycles. The van der Waals surface area contributed by atoms with Gasteiger partial charge in [-0.1, -0.05) is 43.0 Å². The zero-order valence-electron chi connectivity index (χ0n) is 10.2. The number of hydrogen-bond acceptors (Lipinski definition) is 2. The molecule has 0 aliphatic rings. The summed E-state index contributed by atoms with van der Waals surface area (Å²) in [6, 6.07) is 13.5. The Labute approximate surface area is 106 Å². The van der Waals surface area contributed by atoms with Crippen LogP contribution in [0.3, 0.4) is 0 Å². The van der Waals surface area contributed by atoms with Gasteiger partial charge in [0, 0.05) is 0 Å². The van der Waals surface area contributed by atoms with Crippen molar-refractivity contribution in [3.05, 3.63) is 60.7 Å². The first-order valence-corrected chi connectivity index (χ1v) is 5.79. The first-order valence-electron chi connectivity index (χ1n) is 5.79. The van der Waals surface area contributed by atoms with Crippen LogP contribution in [0.2, 0.25) is 0 Å². The molecule has 0 saturated heterocycles. The van der Waals surface area contributed by atoms with E-state index in [-0.39, 0.29) is 11.6 Å². The summed E-state index contributed by atoms with van der Waals surface area (Å²) in [4.78, 5) is 23.4. The van der Waals surface area contributed by atoms with Crippen LogP contribution in [-0.2, 0) is 9.59 Å². The number of carbonyl (C=O) groups excluding carboxylic acids is 2. The summed E-state index contributed by atoms with van der Waals surface area (Å²) >= 11 is 0. The zero-order valence-corrected chi connectivity index (χ0v) is 10.2. The lowest BCUT2D eigenvalue weighted by molar-refractivity contribution is -0.125. The third-order valence-corrected chi connectivity index (χ3v) is 3.00. The second-order valence-corrected chi connectivity index (χ2v) is 4.26. The molecule has 2 heteroatoms. The van der Waals surface area contributed by atoms with Gasteiger partial charge in [0.25, 0.3) is 0 Å². The topological polar surface area (TPSA) is 34.1 Å². The molecular weight excluding hydrogens is 224 g/mol. The maximum atomic E-state index is 11.8. The standard InChI is InChI=1S/C16H14O2/c1-3-15(18)16(11(2)17)14-9-8-12-6-4-5-7-13(12)10-14/h3-10,16H,1H2,2H3. The highest BCUT2D eigenvalue weighted by Crippen LogP contribution is 2.23. The van der Waals surface area contributed by atoms with E-state index in [0.29, 0.717) is 0 Å². The lowest BCUT2D eigenvalue weighted by Gasteiger charge is -2.11. The molecule has 0 amide bonds. The zero-order chi connectivity index (χ0) is 13.1. The molecule has 0 radical (unpaired) electrons. The Morgan fingerprint density at radius 3 is 2.39 bits per heavy atom. The van der Waals surface area contributed by atoms with E-state index in [1.165, 1.54) is 13.0 Å². The molecule has 0 saturated carbocycles. The van der Waals surface area contributed by atoms with Crippen LogP contribution in [0.25, 0.3) is 10.8 Å². The fourth-order valence-electron chi connectivity index (χ4n) is 2.10. The lowest BCUT2D eigenvalue weighted by Crippen LogP contribution is -2.17. The maximum Gasteiger partial charge on any atom is 0.169 e. The number of allylic oxidation sites excluding steroid dienone is 1. The summed E-state index contributed by atoms with van der Waals surface area (Å²) in [5, 5.41) is 2.12. The third kappa shape index (κ3) is 2.23. The van der Waals surface area contributed by atoms with Crippen LogP contribution in [0.1, 0.15) is 18.4 Å². The van der Waals surface area contributed by atoms with Crippen molar-refractivity contribution in [2.75, 3.05) is 0 Å². The van der Waals surface area contributed by atoms with E-state index in [2.05, 4.69) is 6.58 Å². The van der Waals surface area contributed by atoms with Crippen molar-refractivity contribution in [2.24, 2.45) is 0 Å². The van der Waals surface area contributed by atoms with Crippen molar-refractivity contribution in [1.29, 1.82) is 0 Å². The highest BCUT2D eigenvalue weighted by molar-refractivity contribution is 6.11. The van der Waals surface area contributed by atoms with Gasteiger partial charge >= 0.3 is 0 Å². The summed E-state index contributed by atoms with van der Waals surface area (Å²) in [5.74, 6) is -1.14. The van der Waals surface area contributed by atoms with Crippen LogP contribution in [-0.4, -0.2) is 11.6 Å². The van der Waals surface area contributed by atoms with Crippen LogP contribution in [0, 0.1) is 0 Å². The number of benzene rings is 2. The van der Waals surface area contributed by atoms with Gasteiger partial charge in [0.15, 0.2) is 5.78 Å². The summed E-state index contributed by atoms with van der Waals surface area (Å²) in [6.45, 7) is 4.88. The molecule has 1 unspecified atom stereocenters. The summed E-state index contributed by atoms with van der Waals surface area (Å²) in [5.41, 5.74) is 0.728. The first-order chi connectivity index (χ1) is 8.63. The molecule has 0 N–H and O–H groups in total. The monoisotopic (exact) mass is 238 g/mol. The Balaban J connectivity index is 2.54. The van der Waals surface area contributed by atoms with E-state index >= 15 is 0 Å². The van der Waals surface area contributed by atoms with Crippen LogP contribution in [0.15, 0.2) is 55.1 Å². The maximum absolute atomic E-state index is 11.8. The van der Waals surface area contributed by atoms with Crippen molar-refractivity contribution in [3.8, 4) is 0 Å². The van der Waals surface area contributed by atoms with Crippen molar-refractivity contribution < 1.29 is 9.59 Å². The Bertz CT molecular complexity index is 626. The number of carbonyl (C=O) groups is 2. The molecule has 2 aromatic carbocycles. The van der Waals surface area contributed by atoms with Crippen LogP contribution >= 0.6 is 0 Å². The van der Waals surface area contributed by atoms with Crippen LogP contribution in [0.4, 0.5) is 0 Å². The molecule has 1 atom stereocenters. The molecule has 2 nitrogen and oxygen atoms in total. The Kier molecular flexibility index (Phi) is 3.38. The van der Waals surface area contributed by atoms with Gasteiger partial charge in [0.05, 0.1) is 0 Å². The van der Waals surface area contributed by atoms with Crippen molar-refractivity contribution in [2.45, 2.75) is 12.8 Å². The fourth-order valence-corrected chi connectivity index (χ4v) is 2.10. The number of rotatable bonds is 4. The van der Waals surface area contributed by atoms with Gasteiger partial charge in [-0.25, -0.2) is 0 Å². The second-order valence-electron chi connectivity index (χ2n) is 4.26. The number of hydrogen-bond donors (Lipinski definition) is 0. The molecule has 90 valence electrons. The highest BCUT2D eigenvalue weighted by Gasteiger charge is 2.22. The van der Waals surface area contributed by atoms with E-state index < -0.39 is 5.92 Å². The minimum atomic E-state index is -0.730. The molecule has 0 spiro atoms. The number of ketones is 2. The van der Waals surface area contributed by atoms with Crippen LogP contribution < -0.4 is 0 Å². The molecule has 0 bridgehead atoms. The third-order valence-electron chi connectivity index (χ3n) is 3.00. The van der Waals surface area contributed by atoms with Crippen molar-refractivity contribution in [3.63, 3.8) is 0 Å². The van der Waals surface area contributed by atoms with Crippen molar-refractivity contribution in [1.82, 2.24) is 0 Å². The number of Topliss-reactive ketones (excluding diaryl/α,β-unsaturated/α-hetero) is 1. The van der Waals surface area contributed by atoms with E-state index in [4.69, 9.17) is 0 Å². The molecule has 18 heavy (non-hydrogen) atoms. The summed E-state index contributed by atoms with van der Waals surface area (Å²) < 4.78 is 0. The van der Waals surface area contributed by atoms with Crippen LogP contribution in [0.5, 0.6) is 0 Å². The summed E-state index contributed by atoms with van der Waals surface area (Å²) in [6.07, 6.45) is 1.21. The minimum Gasteiger partial charge on any atom is -0.299 e. The normalized spacial score (nSPS) is 12.1. The summed E-state index contributed by atoms with van der Waals surface area (Å²) in [7, 11) is 0. The van der Waals surface area contributed by atoms with Gasteiger partial charge in [0.1, 0.15) is 11.7 Å². The average Bonchev–Trinajstić information content (AvgIpc) is 2.38. The van der Waals surface area contributed by atoms with Gasteiger partial charge in [0.2, 0.25) is 0 Å². The molecule has 0 fully saturated rings. The van der Waals surface area contributed by atoms with Crippen molar-refractivity contribution >= 4 is 22.3 Å². The molecule has 0 aliphatic carbocycles. The fraction of sp³-hybridized carbons (Fsp3) is 0.125. The quantitative estimate of drug-likeness (QED) is 0.605. The number of fused-ring (bicyclic) bond motifs is 1. The Morgan fingerprint density at radius 2 is 1.78 bits per heavy atom. The average molecular weight is 238 g/mol. The van der Waals surface area contributed by atoms with Gasteiger partial charge in [-0.05, 0) is 35.4 Å². The van der Waals surface area contributed by atoms with Gasteiger partial charge < -0.3 is 0 Å². The molecular formula is C16H14O2. The van der Waals surface area contributed by atoms with E-state index in [1.54, 1.807) is 0 Å². The molecule has 0 aromatic heterocycles. The minimum absolute atomic E-state index is 0.157. The first kappa shape index (κ1) is 12.2. The Hall–Kier alpha value is -2.22. The Morgan fingerprint density at radius 1 is 1.11 bits per heavy atom. The van der Waals surface area contributed by atoms with E-state index in [9.17, 15) is 9.59 Å². The SMILES string of the molecule is C=CC(=O)C(C(C)=O)c1ccc2ccccc2c1. The van der Waals surface area contributed by atoms with Gasteiger partial charge in [-0.3, -0.25) is 9.59 Å². The van der Waals surface area contributed by atoms with E-state index in [1.807, 2.05) is 42.5 Å². The largest absolute Gasteiger partial charge is 0.299 e. The highest BCUT2D eigenvalue weighted by atomic mass is 16.1. The molecule has 0 aliphatic heterocycles. The predicted molar refractivity (Wildman–Crippen MR) is 72.6 cm³/mol. The van der Waals surface area contributed by atoms with Gasteiger partial charge in [-0.15, -0.1) is 0 Å². The lowest BCUT2D eigenvalue weighted by atomic mass is 9.90. The van der Waals surface area contributed by atoms with E-state index in [0.717, 1.165) is 16.3 Å². The molecule has 2 aromatic rings. The smallest absolute Gasteiger partial charge is 0.169 e. The predicted octanol–water partition coefficient (Wildman–Crippen LogP) is 3.27.